The summed E-state index contributed by atoms with van der Waals surface area (Å²) in [7, 11) is 0. The molecule has 0 aliphatic carbocycles. The Morgan fingerprint density at radius 3 is 2.46 bits per heavy atom. The van der Waals surface area contributed by atoms with E-state index in [1.165, 1.54) is 0 Å². The molecule has 2 fully saturated rings. The molecule has 0 spiro atoms. The number of nitrogens with zero attached hydrogens (tertiary/aromatic N) is 3. The Hall–Kier alpha value is -2.06. The van der Waals surface area contributed by atoms with Crippen LogP contribution in [0.2, 0.25) is 0 Å². The van der Waals surface area contributed by atoms with Gasteiger partial charge in [0.25, 0.3) is 0 Å². The molecule has 0 saturated carbocycles. The van der Waals surface area contributed by atoms with Crippen LogP contribution in [0.4, 0.5) is 5.69 Å². The minimum atomic E-state index is -0.192. The highest BCUT2D eigenvalue weighted by Crippen LogP contribution is 2.30. The Morgan fingerprint density at radius 1 is 1.21 bits per heavy atom. The molecule has 5 heteroatoms. The number of ether oxygens (including phenoxy) is 1. The minimum Gasteiger partial charge on any atom is -0.376 e. The van der Waals surface area contributed by atoms with Crippen molar-refractivity contribution in [3.63, 3.8) is 0 Å². The first-order valence-electron chi connectivity index (χ1n) is 8.66. The Morgan fingerprint density at radius 2 is 1.88 bits per heavy atom. The third-order valence-electron chi connectivity index (χ3n) is 5.00. The fraction of sp³-hybridized carbons (Fsp3) is 0.579. The topological polar surface area (TPSA) is 56.6 Å². The molecule has 2 aliphatic rings. The van der Waals surface area contributed by atoms with E-state index in [0.29, 0.717) is 12.2 Å². The molecule has 0 radical (unpaired) electrons. The maximum atomic E-state index is 12.8. The number of amides is 1. The maximum absolute atomic E-state index is 12.8. The number of carbonyl (C=O) groups excluding carboxylic acids is 1. The van der Waals surface area contributed by atoms with Gasteiger partial charge in [0.05, 0.1) is 17.2 Å². The third-order valence-corrected chi connectivity index (χ3v) is 5.00. The molecule has 2 saturated heterocycles. The predicted octanol–water partition coefficient (Wildman–Crippen LogP) is 2.41. The lowest BCUT2D eigenvalue weighted by molar-refractivity contribution is -0.145. The molecule has 1 unspecified atom stereocenters. The summed E-state index contributed by atoms with van der Waals surface area (Å²) in [6.45, 7) is 8.00. The van der Waals surface area contributed by atoms with Gasteiger partial charge in [-0.2, -0.15) is 5.26 Å². The van der Waals surface area contributed by atoms with Crippen LogP contribution in [0.15, 0.2) is 24.3 Å². The highest BCUT2D eigenvalue weighted by Gasteiger charge is 2.35. The third kappa shape index (κ3) is 3.70. The Bertz CT molecular complexity index is 625. The lowest BCUT2D eigenvalue weighted by Gasteiger charge is -2.40. The van der Waals surface area contributed by atoms with Gasteiger partial charge in [-0.15, -0.1) is 0 Å². The average Bonchev–Trinajstić information content (AvgIpc) is 2.60. The van der Waals surface area contributed by atoms with E-state index in [1.807, 2.05) is 29.2 Å². The summed E-state index contributed by atoms with van der Waals surface area (Å²) >= 11 is 0. The van der Waals surface area contributed by atoms with Gasteiger partial charge in [-0.05, 0) is 51.0 Å². The molecular weight excluding hydrogens is 302 g/mol. The van der Waals surface area contributed by atoms with Crippen LogP contribution in [0.25, 0.3) is 0 Å². The Labute approximate surface area is 143 Å². The first-order chi connectivity index (χ1) is 11.5. The van der Waals surface area contributed by atoms with Crippen LogP contribution in [0.1, 0.15) is 32.3 Å². The second-order valence-electron chi connectivity index (χ2n) is 7.27. The van der Waals surface area contributed by atoms with Crippen LogP contribution in [0.5, 0.6) is 0 Å². The Balaban J connectivity index is 1.56. The first kappa shape index (κ1) is 16.8. The summed E-state index contributed by atoms with van der Waals surface area (Å²) in [4.78, 5) is 17.1. The number of anilines is 1. The van der Waals surface area contributed by atoms with Crippen molar-refractivity contribution < 1.29 is 9.53 Å². The molecule has 1 amide bonds. The van der Waals surface area contributed by atoms with E-state index in [4.69, 9.17) is 10.00 Å². The molecule has 1 aromatic carbocycles. The minimum absolute atomic E-state index is 0.0928. The monoisotopic (exact) mass is 327 g/mol. The van der Waals surface area contributed by atoms with E-state index < -0.39 is 0 Å². The highest BCUT2D eigenvalue weighted by molar-refractivity contribution is 5.79. The molecule has 0 aromatic heterocycles. The van der Waals surface area contributed by atoms with Gasteiger partial charge >= 0.3 is 0 Å². The average molecular weight is 327 g/mol. The molecule has 128 valence electrons. The summed E-state index contributed by atoms with van der Waals surface area (Å²) in [5.74, 6) is 0.376. The van der Waals surface area contributed by atoms with Gasteiger partial charge in [0, 0.05) is 44.4 Å². The highest BCUT2D eigenvalue weighted by atomic mass is 16.5. The van der Waals surface area contributed by atoms with Crippen LogP contribution in [0, 0.1) is 17.2 Å². The van der Waals surface area contributed by atoms with Crippen molar-refractivity contribution in [3.8, 4) is 6.07 Å². The van der Waals surface area contributed by atoms with E-state index in [2.05, 4.69) is 24.8 Å². The molecule has 0 bridgehead atoms. The van der Waals surface area contributed by atoms with Gasteiger partial charge in [0.1, 0.15) is 0 Å². The molecule has 0 N–H and O–H groups in total. The van der Waals surface area contributed by atoms with Crippen molar-refractivity contribution in [2.75, 3.05) is 37.7 Å². The van der Waals surface area contributed by atoms with Gasteiger partial charge in [-0.25, -0.2) is 0 Å². The predicted molar refractivity (Wildman–Crippen MR) is 92.7 cm³/mol. The van der Waals surface area contributed by atoms with Crippen molar-refractivity contribution in [2.24, 2.45) is 5.92 Å². The molecule has 5 nitrogen and oxygen atoms in total. The van der Waals surface area contributed by atoms with Crippen molar-refractivity contribution in [2.45, 2.75) is 32.3 Å². The maximum Gasteiger partial charge on any atom is 0.226 e. The number of rotatable bonds is 2. The summed E-state index contributed by atoms with van der Waals surface area (Å²) in [5.41, 5.74) is 1.60. The zero-order valence-corrected chi connectivity index (χ0v) is 14.5. The molecular formula is C19H25N3O2. The van der Waals surface area contributed by atoms with Gasteiger partial charge in [0.2, 0.25) is 5.91 Å². The summed E-state index contributed by atoms with van der Waals surface area (Å²) in [6, 6.07) is 9.80. The zero-order chi connectivity index (χ0) is 17.2. The number of carbonyl (C=O) groups is 1. The van der Waals surface area contributed by atoms with Crippen LogP contribution in [-0.4, -0.2) is 49.2 Å². The van der Waals surface area contributed by atoms with Gasteiger partial charge in [0.15, 0.2) is 0 Å². The van der Waals surface area contributed by atoms with Crippen LogP contribution >= 0.6 is 0 Å². The normalized spacial score (nSPS) is 23.6. The molecule has 3 rings (SSSR count). The molecule has 24 heavy (non-hydrogen) atoms. The van der Waals surface area contributed by atoms with Crippen molar-refractivity contribution in [1.29, 1.82) is 5.26 Å². The van der Waals surface area contributed by atoms with Gasteiger partial charge in [-0.3, -0.25) is 4.79 Å². The number of hydrogen-bond acceptors (Lipinski definition) is 4. The zero-order valence-electron chi connectivity index (χ0n) is 14.5. The SMILES string of the molecule is CC1(C)CC(C(=O)N2CCN(c3ccc(C#N)cc3)CC2)CCO1. The van der Waals surface area contributed by atoms with Gasteiger partial charge < -0.3 is 14.5 Å². The van der Waals surface area contributed by atoms with E-state index >= 15 is 0 Å². The lowest BCUT2D eigenvalue weighted by atomic mass is 9.87. The number of benzene rings is 1. The lowest BCUT2D eigenvalue weighted by Crippen LogP contribution is -2.52. The van der Waals surface area contributed by atoms with Gasteiger partial charge in [-0.1, -0.05) is 0 Å². The fourth-order valence-electron chi connectivity index (χ4n) is 3.63. The van der Waals surface area contributed by atoms with Crippen LogP contribution < -0.4 is 4.90 Å². The van der Waals surface area contributed by atoms with Crippen molar-refractivity contribution in [3.05, 3.63) is 29.8 Å². The summed E-state index contributed by atoms with van der Waals surface area (Å²) in [6.07, 6.45) is 1.64. The number of piperazine rings is 1. The van der Waals surface area contributed by atoms with E-state index in [0.717, 1.165) is 44.7 Å². The quantitative estimate of drug-likeness (QED) is 0.837. The van der Waals surface area contributed by atoms with Crippen LogP contribution in [0.3, 0.4) is 0 Å². The number of hydrogen-bond donors (Lipinski definition) is 0. The first-order valence-corrected chi connectivity index (χ1v) is 8.66. The fourth-order valence-corrected chi connectivity index (χ4v) is 3.63. The largest absolute Gasteiger partial charge is 0.376 e. The van der Waals surface area contributed by atoms with E-state index in [1.54, 1.807) is 0 Å². The molecule has 2 heterocycles. The van der Waals surface area contributed by atoms with Crippen molar-refractivity contribution >= 4 is 11.6 Å². The second kappa shape index (κ2) is 6.82. The standard InChI is InChI=1S/C19H25N3O2/c1-19(2)13-16(7-12-24-19)18(23)22-10-8-21(9-11-22)17-5-3-15(14-20)4-6-17/h3-6,16H,7-13H2,1-2H3. The van der Waals surface area contributed by atoms with Crippen molar-refractivity contribution in [1.82, 2.24) is 4.90 Å². The van der Waals surface area contributed by atoms with Crippen LogP contribution in [-0.2, 0) is 9.53 Å². The molecule has 1 atom stereocenters. The Kier molecular flexibility index (Phi) is 4.77. The summed E-state index contributed by atoms with van der Waals surface area (Å²) in [5, 5.41) is 8.88. The molecule has 2 aliphatic heterocycles. The van der Waals surface area contributed by atoms with E-state index in [-0.39, 0.29) is 17.4 Å². The smallest absolute Gasteiger partial charge is 0.226 e. The van der Waals surface area contributed by atoms with E-state index in [9.17, 15) is 4.79 Å². The second-order valence-corrected chi connectivity index (χ2v) is 7.27. The summed E-state index contributed by atoms with van der Waals surface area (Å²) < 4.78 is 5.72. The number of nitriles is 1. The molecule has 1 aromatic rings.